The number of rotatable bonds is 4. The van der Waals surface area contributed by atoms with Gasteiger partial charge in [-0.05, 0) is 26.7 Å². The molecule has 2 rings (SSSR count). The fraction of sp³-hybridized carbons (Fsp3) is 1.00. The second-order valence-electron chi connectivity index (χ2n) is 5.62. The van der Waals surface area contributed by atoms with Crippen molar-refractivity contribution in [3.63, 3.8) is 0 Å². The summed E-state index contributed by atoms with van der Waals surface area (Å²) < 4.78 is 5.91. The molecular formula is C13H27N3O. The lowest BCUT2D eigenvalue weighted by Crippen LogP contribution is -2.50. The van der Waals surface area contributed by atoms with Crippen LogP contribution in [0.5, 0.6) is 0 Å². The van der Waals surface area contributed by atoms with Gasteiger partial charge in [0.05, 0.1) is 12.2 Å². The third-order valence-electron chi connectivity index (χ3n) is 4.06. The molecule has 0 spiro atoms. The van der Waals surface area contributed by atoms with E-state index in [9.17, 15) is 0 Å². The predicted molar refractivity (Wildman–Crippen MR) is 70.1 cm³/mol. The van der Waals surface area contributed by atoms with Gasteiger partial charge in [-0.25, -0.2) is 0 Å². The summed E-state index contributed by atoms with van der Waals surface area (Å²) in [5.41, 5.74) is 5.64. The molecule has 0 saturated carbocycles. The topological polar surface area (TPSA) is 41.7 Å². The Hall–Kier alpha value is -0.160. The summed E-state index contributed by atoms with van der Waals surface area (Å²) in [6.45, 7) is 11.1. The zero-order valence-corrected chi connectivity index (χ0v) is 11.3. The van der Waals surface area contributed by atoms with Gasteiger partial charge in [0, 0.05) is 45.3 Å². The normalized spacial score (nSPS) is 32.5. The van der Waals surface area contributed by atoms with Gasteiger partial charge in [-0.2, -0.15) is 0 Å². The second-order valence-corrected chi connectivity index (χ2v) is 5.62. The first-order chi connectivity index (χ1) is 8.19. The van der Waals surface area contributed by atoms with Crippen molar-refractivity contribution in [3.8, 4) is 0 Å². The minimum Gasteiger partial charge on any atom is -0.372 e. The summed E-state index contributed by atoms with van der Waals surface area (Å²) in [6, 6.07) is 0.682. The van der Waals surface area contributed by atoms with Crippen LogP contribution in [0.3, 0.4) is 0 Å². The molecule has 4 heteroatoms. The van der Waals surface area contributed by atoms with E-state index in [-0.39, 0.29) is 0 Å². The van der Waals surface area contributed by atoms with E-state index >= 15 is 0 Å². The maximum absolute atomic E-state index is 5.91. The molecule has 17 heavy (non-hydrogen) atoms. The molecule has 2 saturated heterocycles. The number of hydrogen-bond acceptors (Lipinski definition) is 4. The van der Waals surface area contributed by atoms with E-state index < -0.39 is 0 Å². The maximum Gasteiger partial charge on any atom is 0.0707 e. The van der Waals surface area contributed by atoms with E-state index in [1.54, 1.807) is 0 Å². The highest BCUT2D eigenvalue weighted by Crippen LogP contribution is 2.20. The van der Waals surface area contributed by atoms with Gasteiger partial charge in [0.25, 0.3) is 0 Å². The maximum atomic E-state index is 5.91. The Morgan fingerprint density at radius 3 is 2.29 bits per heavy atom. The second kappa shape index (κ2) is 6.14. The zero-order chi connectivity index (χ0) is 12.3. The van der Waals surface area contributed by atoms with Crippen molar-refractivity contribution >= 4 is 0 Å². The Morgan fingerprint density at radius 2 is 1.76 bits per heavy atom. The number of piperazine rings is 1. The lowest BCUT2D eigenvalue weighted by Gasteiger charge is -2.37. The Morgan fingerprint density at radius 1 is 1.12 bits per heavy atom. The predicted octanol–water partition coefficient (Wildman–Crippen LogP) is 0.519. The molecule has 0 aromatic rings. The van der Waals surface area contributed by atoms with Crippen molar-refractivity contribution in [3.05, 3.63) is 0 Å². The Kier molecular flexibility index (Phi) is 4.79. The Bertz CT molecular complexity index is 227. The average molecular weight is 241 g/mol. The van der Waals surface area contributed by atoms with Gasteiger partial charge in [0.15, 0.2) is 0 Å². The molecule has 0 bridgehead atoms. The molecule has 2 N–H and O–H groups in total. The largest absolute Gasteiger partial charge is 0.372 e. The molecule has 2 atom stereocenters. The van der Waals surface area contributed by atoms with E-state index in [4.69, 9.17) is 10.5 Å². The molecule has 0 aliphatic carbocycles. The molecule has 0 amide bonds. The first-order valence-electron chi connectivity index (χ1n) is 7.01. The van der Waals surface area contributed by atoms with E-state index in [1.165, 1.54) is 32.6 Å². The number of nitrogens with zero attached hydrogens (tertiary/aromatic N) is 2. The van der Waals surface area contributed by atoms with Gasteiger partial charge in [-0.3, -0.25) is 9.80 Å². The molecule has 2 fully saturated rings. The first kappa shape index (κ1) is 13.3. The van der Waals surface area contributed by atoms with Crippen LogP contribution in [-0.4, -0.2) is 67.3 Å². The van der Waals surface area contributed by atoms with Crippen LogP contribution in [0.4, 0.5) is 0 Å². The summed E-state index contributed by atoms with van der Waals surface area (Å²) in [5, 5.41) is 0. The number of ether oxygens (including phenoxy) is 1. The summed E-state index contributed by atoms with van der Waals surface area (Å²) in [6.07, 6.45) is 3.07. The minimum atomic E-state index is 0.317. The van der Waals surface area contributed by atoms with Gasteiger partial charge in [0.1, 0.15) is 0 Å². The van der Waals surface area contributed by atoms with Gasteiger partial charge >= 0.3 is 0 Å². The number of hydrogen-bond donors (Lipinski definition) is 1. The quantitative estimate of drug-likeness (QED) is 0.779. The van der Waals surface area contributed by atoms with E-state index in [2.05, 4.69) is 23.6 Å². The average Bonchev–Trinajstić information content (AvgIpc) is 2.77. The van der Waals surface area contributed by atoms with Crippen molar-refractivity contribution in [2.75, 3.05) is 39.3 Å². The Labute approximate surface area is 105 Å². The zero-order valence-electron chi connectivity index (χ0n) is 11.3. The van der Waals surface area contributed by atoms with Crippen molar-refractivity contribution in [1.29, 1.82) is 0 Å². The molecule has 0 aromatic heterocycles. The number of nitrogens with two attached hydrogens (primary N) is 1. The molecule has 0 aromatic carbocycles. The smallest absolute Gasteiger partial charge is 0.0707 e. The molecule has 100 valence electrons. The van der Waals surface area contributed by atoms with E-state index in [1.807, 2.05) is 0 Å². The highest BCUT2D eigenvalue weighted by Gasteiger charge is 2.27. The fourth-order valence-corrected chi connectivity index (χ4v) is 2.84. The highest BCUT2D eigenvalue weighted by molar-refractivity contribution is 4.80. The van der Waals surface area contributed by atoms with Crippen LogP contribution in [0, 0.1) is 0 Å². The van der Waals surface area contributed by atoms with Crippen LogP contribution >= 0.6 is 0 Å². The third-order valence-corrected chi connectivity index (χ3v) is 4.06. The first-order valence-corrected chi connectivity index (χ1v) is 7.01. The van der Waals surface area contributed by atoms with Gasteiger partial charge < -0.3 is 10.5 Å². The third kappa shape index (κ3) is 3.65. The summed E-state index contributed by atoms with van der Waals surface area (Å²) in [4.78, 5) is 5.09. The SMILES string of the molecule is CC(C)N1CCN(C[C@@H]2CC[C@H](CN)O2)CC1. The standard InChI is InChI=1S/C13H27N3O/c1-11(2)16-7-5-15(6-8-16)10-13-4-3-12(9-14)17-13/h11-13H,3-10,14H2,1-2H3/t12-,13+/m1/s1. The fourth-order valence-electron chi connectivity index (χ4n) is 2.84. The van der Waals surface area contributed by atoms with Crippen LogP contribution < -0.4 is 5.73 Å². The van der Waals surface area contributed by atoms with Crippen LogP contribution in [0.1, 0.15) is 26.7 Å². The minimum absolute atomic E-state index is 0.317. The van der Waals surface area contributed by atoms with Crippen LogP contribution in [-0.2, 0) is 4.74 Å². The molecule has 2 heterocycles. The van der Waals surface area contributed by atoms with Crippen LogP contribution in [0.15, 0.2) is 0 Å². The summed E-state index contributed by atoms with van der Waals surface area (Å²) in [5.74, 6) is 0. The van der Waals surface area contributed by atoms with Crippen LogP contribution in [0.25, 0.3) is 0 Å². The van der Waals surface area contributed by atoms with Crippen LogP contribution in [0.2, 0.25) is 0 Å². The monoisotopic (exact) mass is 241 g/mol. The molecule has 2 aliphatic heterocycles. The molecule has 4 nitrogen and oxygen atoms in total. The molecular weight excluding hydrogens is 214 g/mol. The van der Waals surface area contributed by atoms with E-state index in [0.717, 1.165) is 13.0 Å². The molecule has 0 radical (unpaired) electrons. The van der Waals surface area contributed by atoms with Crippen molar-refractivity contribution in [2.24, 2.45) is 5.73 Å². The summed E-state index contributed by atoms with van der Waals surface area (Å²) in [7, 11) is 0. The van der Waals surface area contributed by atoms with Gasteiger partial charge in [-0.15, -0.1) is 0 Å². The Balaban J connectivity index is 1.68. The molecule has 2 aliphatic rings. The van der Waals surface area contributed by atoms with Crippen molar-refractivity contribution < 1.29 is 4.74 Å². The van der Waals surface area contributed by atoms with Gasteiger partial charge in [0.2, 0.25) is 0 Å². The van der Waals surface area contributed by atoms with Gasteiger partial charge in [-0.1, -0.05) is 0 Å². The lowest BCUT2D eigenvalue weighted by molar-refractivity contribution is 0.0127. The molecule has 0 unspecified atom stereocenters. The van der Waals surface area contributed by atoms with Crippen molar-refractivity contribution in [2.45, 2.75) is 44.9 Å². The summed E-state index contributed by atoms with van der Waals surface area (Å²) >= 11 is 0. The lowest BCUT2D eigenvalue weighted by atomic mass is 10.1. The van der Waals surface area contributed by atoms with E-state index in [0.29, 0.717) is 24.8 Å². The van der Waals surface area contributed by atoms with Crippen molar-refractivity contribution in [1.82, 2.24) is 9.80 Å². The highest BCUT2D eigenvalue weighted by atomic mass is 16.5.